The van der Waals surface area contributed by atoms with Crippen molar-refractivity contribution in [2.75, 3.05) is 13.6 Å². The van der Waals surface area contributed by atoms with Crippen molar-refractivity contribution in [3.05, 3.63) is 35.4 Å². The summed E-state index contributed by atoms with van der Waals surface area (Å²) in [7, 11) is 1.62. The number of hydrogen-bond donors (Lipinski definition) is 4. The Morgan fingerprint density at radius 2 is 2.05 bits per heavy atom. The van der Waals surface area contributed by atoms with E-state index in [0.717, 1.165) is 5.56 Å². The molecule has 0 aliphatic carbocycles. The lowest BCUT2D eigenvalue weighted by Gasteiger charge is -2.23. The summed E-state index contributed by atoms with van der Waals surface area (Å²) < 4.78 is 0. The first-order chi connectivity index (χ1) is 9.42. The van der Waals surface area contributed by atoms with Gasteiger partial charge >= 0.3 is 0 Å². The fourth-order valence-corrected chi connectivity index (χ4v) is 1.91. The van der Waals surface area contributed by atoms with Gasteiger partial charge in [0, 0.05) is 25.7 Å². The molecule has 1 amide bonds. The Kier molecular flexibility index (Phi) is 5.52. The molecule has 110 valence electrons. The summed E-state index contributed by atoms with van der Waals surface area (Å²) in [5.74, 6) is 0.0580. The standard InChI is InChI=1S/C14H22N4O2/c1-14(2,13(19)16-3)9-17-8-10-6-4-5-7-11(10)12(15)18-20/h4-7,17,20H,8-9H2,1-3H3,(H2,15,18)(H,16,19). The van der Waals surface area contributed by atoms with Gasteiger partial charge in [-0.25, -0.2) is 0 Å². The van der Waals surface area contributed by atoms with Gasteiger partial charge in [-0.15, -0.1) is 0 Å². The summed E-state index contributed by atoms with van der Waals surface area (Å²) in [6.07, 6.45) is 0. The third-order valence-corrected chi connectivity index (χ3v) is 3.13. The number of nitrogens with zero attached hydrogens (tertiary/aromatic N) is 1. The molecule has 6 heteroatoms. The topological polar surface area (TPSA) is 99.7 Å². The zero-order valence-corrected chi connectivity index (χ0v) is 12.1. The number of benzene rings is 1. The molecule has 0 aromatic heterocycles. The van der Waals surface area contributed by atoms with Crippen LogP contribution in [-0.2, 0) is 11.3 Å². The lowest BCUT2D eigenvalue weighted by molar-refractivity contribution is -0.128. The highest BCUT2D eigenvalue weighted by Crippen LogP contribution is 2.14. The monoisotopic (exact) mass is 278 g/mol. The van der Waals surface area contributed by atoms with Gasteiger partial charge in [0.25, 0.3) is 0 Å². The van der Waals surface area contributed by atoms with E-state index >= 15 is 0 Å². The summed E-state index contributed by atoms with van der Waals surface area (Å²) in [5.41, 5.74) is 6.72. The molecule has 0 unspecified atom stereocenters. The Morgan fingerprint density at radius 3 is 2.65 bits per heavy atom. The van der Waals surface area contributed by atoms with Crippen LogP contribution in [0.1, 0.15) is 25.0 Å². The SMILES string of the molecule is CNC(=O)C(C)(C)CNCc1ccccc1/C(N)=N/O. The zero-order valence-electron chi connectivity index (χ0n) is 12.1. The van der Waals surface area contributed by atoms with Gasteiger partial charge in [-0.3, -0.25) is 4.79 Å². The molecule has 20 heavy (non-hydrogen) atoms. The summed E-state index contributed by atoms with van der Waals surface area (Å²) in [5, 5.41) is 17.6. The lowest BCUT2D eigenvalue weighted by Crippen LogP contribution is -2.42. The largest absolute Gasteiger partial charge is 0.409 e. The van der Waals surface area contributed by atoms with Crippen LogP contribution in [0.2, 0.25) is 0 Å². The fourth-order valence-electron chi connectivity index (χ4n) is 1.91. The molecule has 6 nitrogen and oxygen atoms in total. The van der Waals surface area contributed by atoms with Crippen LogP contribution in [0.3, 0.4) is 0 Å². The molecule has 0 heterocycles. The van der Waals surface area contributed by atoms with Gasteiger partial charge in [0.15, 0.2) is 5.84 Å². The highest BCUT2D eigenvalue weighted by molar-refractivity contribution is 5.98. The molecule has 1 rings (SSSR count). The maximum atomic E-state index is 11.7. The Labute approximate surface area is 119 Å². The third kappa shape index (κ3) is 3.96. The minimum Gasteiger partial charge on any atom is -0.409 e. The Balaban J connectivity index is 2.70. The van der Waals surface area contributed by atoms with E-state index in [1.807, 2.05) is 32.0 Å². The Morgan fingerprint density at radius 1 is 1.40 bits per heavy atom. The molecule has 0 saturated carbocycles. The van der Waals surface area contributed by atoms with E-state index in [1.54, 1.807) is 13.1 Å². The number of hydrogen-bond acceptors (Lipinski definition) is 4. The number of nitrogens with two attached hydrogens (primary N) is 1. The number of rotatable bonds is 6. The second kappa shape index (κ2) is 6.91. The van der Waals surface area contributed by atoms with E-state index < -0.39 is 5.41 Å². The molecule has 0 radical (unpaired) electrons. The summed E-state index contributed by atoms with van der Waals surface area (Å²) in [4.78, 5) is 11.7. The average molecular weight is 278 g/mol. The van der Waals surface area contributed by atoms with E-state index in [4.69, 9.17) is 10.9 Å². The summed E-state index contributed by atoms with van der Waals surface area (Å²) in [6, 6.07) is 7.39. The van der Waals surface area contributed by atoms with Gasteiger partial charge in [-0.1, -0.05) is 29.4 Å². The van der Waals surface area contributed by atoms with Crippen LogP contribution in [0.4, 0.5) is 0 Å². The maximum Gasteiger partial charge on any atom is 0.226 e. The molecule has 0 atom stereocenters. The predicted octanol–water partition coefficient (Wildman–Crippen LogP) is 0.643. The van der Waals surface area contributed by atoms with Gasteiger partial charge in [0.05, 0.1) is 5.41 Å². The van der Waals surface area contributed by atoms with E-state index in [9.17, 15) is 4.79 Å². The van der Waals surface area contributed by atoms with Crippen LogP contribution < -0.4 is 16.4 Å². The van der Waals surface area contributed by atoms with E-state index in [0.29, 0.717) is 18.7 Å². The van der Waals surface area contributed by atoms with E-state index in [2.05, 4.69) is 15.8 Å². The van der Waals surface area contributed by atoms with Crippen LogP contribution in [0, 0.1) is 5.41 Å². The number of amidine groups is 1. The number of carbonyl (C=O) groups excluding carboxylic acids is 1. The Bertz CT molecular complexity index is 498. The molecule has 0 spiro atoms. The predicted molar refractivity (Wildman–Crippen MR) is 78.5 cm³/mol. The van der Waals surface area contributed by atoms with Gasteiger partial charge < -0.3 is 21.6 Å². The molecular formula is C14H22N4O2. The molecular weight excluding hydrogens is 256 g/mol. The zero-order chi connectivity index (χ0) is 15.2. The molecule has 0 aliphatic heterocycles. The van der Waals surface area contributed by atoms with Crippen molar-refractivity contribution in [2.24, 2.45) is 16.3 Å². The van der Waals surface area contributed by atoms with Crippen molar-refractivity contribution in [1.82, 2.24) is 10.6 Å². The van der Waals surface area contributed by atoms with Crippen LogP contribution >= 0.6 is 0 Å². The van der Waals surface area contributed by atoms with Crippen molar-refractivity contribution in [2.45, 2.75) is 20.4 Å². The third-order valence-electron chi connectivity index (χ3n) is 3.13. The van der Waals surface area contributed by atoms with Crippen LogP contribution in [0.25, 0.3) is 0 Å². The van der Waals surface area contributed by atoms with Crippen molar-refractivity contribution in [3.8, 4) is 0 Å². The molecule has 0 fully saturated rings. The molecule has 0 saturated heterocycles. The number of amides is 1. The second-order valence-electron chi connectivity index (χ2n) is 5.21. The highest BCUT2D eigenvalue weighted by atomic mass is 16.4. The summed E-state index contributed by atoms with van der Waals surface area (Å²) in [6.45, 7) is 4.80. The first kappa shape index (κ1) is 16.0. The molecule has 0 aliphatic rings. The second-order valence-corrected chi connectivity index (χ2v) is 5.21. The maximum absolute atomic E-state index is 11.7. The first-order valence-electron chi connectivity index (χ1n) is 6.41. The quantitative estimate of drug-likeness (QED) is 0.265. The Hall–Kier alpha value is -2.08. The lowest BCUT2D eigenvalue weighted by atomic mass is 9.92. The molecule has 0 bridgehead atoms. The van der Waals surface area contributed by atoms with Gasteiger partial charge in [0.2, 0.25) is 5.91 Å². The van der Waals surface area contributed by atoms with Gasteiger partial charge in [-0.05, 0) is 19.4 Å². The average Bonchev–Trinajstić information content (AvgIpc) is 2.45. The van der Waals surface area contributed by atoms with E-state index in [1.165, 1.54) is 0 Å². The minimum absolute atomic E-state index is 0.0188. The molecule has 1 aromatic rings. The van der Waals surface area contributed by atoms with E-state index in [-0.39, 0.29) is 11.7 Å². The van der Waals surface area contributed by atoms with Crippen molar-refractivity contribution in [1.29, 1.82) is 0 Å². The minimum atomic E-state index is -0.500. The van der Waals surface area contributed by atoms with Crippen molar-refractivity contribution < 1.29 is 10.0 Å². The normalized spacial score (nSPS) is 12.2. The van der Waals surface area contributed by atoms with Gasteiger partial charge in [-0.2, -0.15) is 0 Å². The molecule has 5 N–H and O–H groups in total. The van der Waals surface area contributed by atoms with Crippen molar-refractivity contribution >= 4 is 11.7 Å². The number of nitrogens with one attached hydrogen (secondary N) is 2. The number of oxime groups is 1. The smallest absolute Gasteiger partial charge is 0.226 e. The molecule has 1 aromatic carbocycles. The van der Waals surface area contributed by atoms with Crippen LogP contribution in [0.15, 0.2) is 29.4 Å². The van der Waals surface area contributed by atoms with Crippen molar-refractivity contribution in [3.63, 3.8) is 0 Å². The van der Waals surface area contributed by atoms with Crippen LogP contribution in [-0.4, -0.2) is 30.5 Å². The fraction of sp³-hybridized carbons (Fsp3) is 0.429. The number of carbonyl (C=O) groups is 1. The highest BCUT2D eigenvalue weighted by Gasteiger charge is 2.25. The van der Waals surface area contributed by atoms with Gasteiger partial charge in [0.1, 0.15) is 0 Å². The summed E-state index contributed by atoms with van der Waals surface area (Å²) >= 11 is 0. The van der Waals surface area contributed by atoms with Crippen LogP contribution in [0.5, 0.6) is 0 Å². The first-order valence-corrected chi connectivity index (χ1v) is 6.41.